The number of nitrogen functional groups attached to an aromatic ring is 1. The number of aromatic nitrogens is 2. The van der Waals surface area contributed by atoms with Gasteiger partial charge in [0, 0.05) is 17.7 Å². The number of fused-ring (bicyclic) bond motifs is 5. The van der Waals surface area contributed by atoms with E-state index >= 15 is 0 Å². The first-order valence-electron chi connectivity index (χ1n) is 8.55. The van der Waals surface area contributed by atoms with Gasteiger partial charge in [-0.3, -0.25) is 0 Å². The van der Waals surface area contributed by atoms with Crippen molar-refractivity contribution in [1.29, 1.82) is 5.26 Å². The van der Waals surface area contributed by atoms with Crippen LogP contribution in [-0.4, -0.2) is 29.7 Å². The molecule has 0 bridgehead atoms. The highest BCUT2D eigenvalue weighted by atomic mass is 16.5. The number of nitrogens with zero attached hydrogens (tertiary/aromatic N) is 4. The van der Waals surface area contributed by atoms with Crippen molar-refractivity contribution in [3.63, 3.8) is 0 Å². The lowest BCUT2D eigenvalue weighted by atomic mass is 9.71. The zero-order valence-electron chi connectivity index (χ0n) is 14.5. The molecular weight excluding hydrogens is 314 g/mol. The Morgan fingerprint density at radius 3 is 3.00 bits per heavy atom. The van der Waals surface area contributed by atoms with Crippen molar-refractivity contribution in [1.82, 2.24) is 9.97 Å². The molecular formula is C19H21N5O. The summed E-state index contributed by atoms with van der Waals surface area (Å²) in [5, 5.41) is 8.99. The maximum atomic E-state index is 8.99. The fourth-order valence-electron chi connectivity index (χ4n) is 4.07. The fraction of sp³-hybridized carbons (Fsp3) is 0.421. The lowest BCUT2D eigenvalue weighted by molar-refractivity contribution is 0.307. The highest BCUT2D eigenvalue weighted by molar-refractivity contribution is 5.83. The second kappa shape index (κ2) is 5.62. The molecule has 2 N–H and O–H groups in total. The van der Waals surface area contributed by atoms with Crippen LogP contribution in [0.5, 0.6) is 5.75 Å². The number of nitrogens with two attached hydrogens (primary N) is 1. The highest BCUT2D eigenvalue weighted by Gasteiger charge is 2.37. The first-order chi connectivity index (χ1) is 12.0. The molecule has 6 heteroatoms. The Kier molecular flexibility index (Phi) is 3.53. The number of anilines is 2. The summed E-state index contributed by atoms with van der Waals surface area (Å²) in [7, 11) is 0. The molecule has 0 amide bonds. The molecule has 6 nitrogen and oxygen atoms in total. The van der Waals surface area contributed by atoms with Crippen LogP contribution >= 0.6 is 0 Å². The molecule has 128 valence electrons. The number of hydrogen-bond acceptors (Lipinski definition) is 6. The van der Waals surface area contributed by atoms with E-state index in [1.165, 1.54) is 11.9 Å². The molecule has 0 saturated carbocycles. The molecule has 0 atom stereocenters. The van der Waals surface area contributed by atoms with Crippen LogP contribution in [0.3, 0.4) is 0 Å². The highest BCUT2D eigenvalue weighted by Crippen LogP contribution is 2.49. The van der Waals surface area contributed by atoms with Gasteiger partial charge in [0.25, 0.3) is 0 Å². The van der Waals surface area contributed by atoms with Gasteiger partial charge in [-0.15, -0.1) is 0 Å². The van der Waals surface area contributed by atoms with E-state index in [0.717, 1.165) is 41.2 Å². The Hall–Kier alpha value is -2.81. The van der Waals surface area contributed by atoms with Crippen molar-refractivity contribution in [2.24, 2.45) is 0 Å². The smallest absolute Gasteiger partial charge is 0.143 e. The van der Waals surface area contributed by atoms with Gasteiger partial charge in [0.2, 0.25) is 0 Å². The average molecular weight is 335 g/mol. The van der Waals surface area contributed by atoms with Crippen molar-refractivity contribution in [2.45, 2.75) is 32.1 Å². The first-order valence-corrected chi connectivity index (χ1v) is 8.55. The van der Waals surface area contributed by atoms with Crippen LogP contribution < -0.4 is 15.4 Å². The van der Waals surface area contributed by atoms with Gasteiger partial charge < -0.3 is 15.4 Å². The molecule has 1 aliphatic carbocycles. The maximum absolute atomic E-state index is 8.99. The third-order valence-electron chi connectivity index (χ3n) is 5.10. The van der Waals surface area contributed by atoms with E-state index in [0.29, 0.717) is 25.4 Å². The maximum Gasteiger partial charge on any atom is 0.143 e. The standard InChI is InChI=1S/C19H21N5O/c1-19(2)10-13-12(16-15(19)18(21)23-11-22-16)4-5-14-17(13)24(7-3-6-20)8-9-25-14/h4-5,11H,3,7-10H2,1-2H3,(H2,21,22,23). The summed E-state index contributed by atoms with van der Waals surface area (Å²) >= 11 is 0. The number of ether oxygens (including phenoxy) is 1. The van der Waals surface area contributed by atoms with Crippen LogP contribution in [0.15, 0.2) is 18.5 Å². The van der Waals surface area contributed by atoms with Crippen molar-refractivity contribution in [2.75, 3.05) is 30.3 Å². The summed E-state index contributed by atoms with van der Waals surface area (Å²) < 4.78 is 5.90. The molecule has 0 radical (unpaired) electrons. The molecule has 2 heterocycles. The molecule has 2 aliphatic rings. The zero-order valence-corrected chi connectivity index (χ0v) is 14.5. The van der Waals surface area contributed by atoms with E-state index in [2.05, 4.69) is 40.9 Å². The van der Waals surface area contributed by atoms with Crippen molar-refractivity contribution in [3.05, 3.63) is 29.6 Å². The third kappa shape index (κ3) is 2.39. The topological polar surface area (TPSA) is 88.1 Å². The Bertz CT molecular complexity index is 884. The number of rotatable bonds is 2. The Morgan fingerprint density at radius 1 is 1.36 bits per heavy atom. The molecule has 0 fully saturated rings. The summed E-state index contributed by atoms with van der Waals surface area (Å²) in [6.45, 7) is 6.51. The van der Waals surface area contributed by atoms with E-state index < -0.39 is 0 Å². The number of nitriles is 1. The lowest BCUT2D eigenvalue weighted by Gasteiger charge is -2.39. The summed E-state index contributed by atoms with van der Waals surface area (Å²) in [6, 6.07) is 6.32. The lowest BCUT2D eigenvalue weighted by Crippen LogP contribution is -2.36. The monoisotopic (exact) mass is 335 g/mol. The van der Waals surface area contributed by atoms with Crippen LogP contribution in [0.1, 0.15) is 31.4 Å². The van der Waals surface area contributed by atoms with E-state index in [9.17, 15) is 0 Å². The molecule has 0 spiro atoms. The quantitative estimate of drug-likeness (QED) is 0.908. The molecule has 1 aromatic carbocycles. The van der Waals surface area contributed by atoms with Gasteiger partial charge in [0.05, 0.1) is 30.4 Å². The van der Waals surface area contributed by atoms with Crippen molar-refractivity contribution >= 4 is 11.5 Å². The van der Waals surface area contributed by atoms with Crippen LogP contribution in [0.25, 0.3) is 11.3 Å². The number of hydrogen-bond donors (Lipinski definition) is 1. The van der Waals surface area contributed by atoms with Crippen LogP contribution in [-0.2, 0) is 11.8 Å². The van der Waals surface area contributed by atoms with Crippen LogP contribution in [0, 0.1) is 11.3 Å². The molecule has 1 aliphatic heterocycles. The molecule has 0 unspecified atom stereocenters. The van der Waals surface area contributed by atoms with Crippen molar-refractivity contribution < 1.29 is 4.74 Å². The molecule has 4 rings (SSSR count). The Labute approximate surface area is 147 Å². The van der Waals surface area contributed by atoms with Gasteiger partial charge in [0.15, 0.2) is 0 Å². The van der Waals surface area contributed by atoms with Crippen molar-refractivity contribution in [3.8, 4) is 23.1 Å². The summed E-state index contributed by atoms with van der Waals surface area (Å²) in [4.78, 5) is 11.0. The van der Waals surface area contributed by atoms with Gasteiger partial charge in [0.1, 0.15) is 24.5 Å². The summed E-state index contributed by atoms with van der Waals surface area (Å²) in [5.74, 6) is 1.44. The summed E-state index contributed by atoms with van der Waals surface area (Å²) in [6.07, 6.45) is 2.86. The first kappa shape index (κ1) is 15.7. The van der Waals surface area contributed by atoms with Crippen LogP contribution in [0.4, 0.5) is 11.5 Å². The minimum Gasteiger partial charge on any atom is -0.490 e. The van der Waals surface area contributed by atoms with E-state index in [-0.39, 0.29) is 5.41 Å². The molecule has 25 heavy (non-hydrogen) atoms. The third-order valence-corrected chi connectivity index (χ3v) is 5.10. The summed E-state index contributed by atoms with van der Waals surface area (Å²) in [5.41, 5.74) is 11.4. The molecule has 0 saturated heterocycles. The predicted molar refractivity (Wildman–Crippen MR) is 96.5 cm³/mol. The number of benzene rings is 1. The van der Waals surface area contributed by atoms with Gasteiger partial charge >= 0.3 is 0 Å². The van der Waals surface area contributed by atoms with Crippen LogP contribution in [0.2, 0.25) is 0 Å². The Balaban J connectivity index is 1.94. The van der Waals surface area contributed by atoms with Gasteiger partial charge in [-0.2, -0.15) is 5.26 Å². The minimum absolute atomic E-state index is 0.166. The van der Waals surface area contributed by atoms with E-state index in [4.69, 9.17) is 15.7 Å². The van der Waals surface area contributed by atoms with E-state index in [1.807, 2.05) is 6.07 Å². The SMILES string of the molecule is CC1(C)Cc2c(ccc3c2N(CCC#N)CCO3)-c2ncnc(N)c21. The molecule has 1 aromatic heterocycles. The second-order valence-corrected chi connectivity index (χ2v) is 7.23. The minimum atomic E-state index is -0.166. The largest absolute Gasteiger partial charge is 0.490 e. The van der Waals surface area contributed by atoms with E-state index in [1.54, 1.807) is 0 Å². The molecule has 2 aromatic rings. The second-order valence-electron chi connectivity index (χ2n) is 7.23. The Morgan fingerprint density at radius 2 is 2.20 bits per heavy atom. The van der Waals surface area contributed by atoms with Gasteiger partial charge in [-0.25, -0.2) is 9.97 Å². The fourth-order valence-corrected chi connectivity index (χ4v) is 4.07. The van der Waals surface area contributed by atoms with Gasteiger partial charge in [-0.1, -0.05) is 13.8 Å². The zero-order chi connectivity index (χ0) is 17.6. The normalized spacial score (nSPS) is 16.9. The van der Waals surface area contributed by atoms with Gasteiger partial charge in [-0.05, 0) is 29.5 Å². The predicted octanol–water partition coefficient (Wildman–Crippen LogP) is 2.67. The average Bonchev–Trinajstić information content (AvgIpc) is 2.59.